The van der Waals surface area contributed by atoms with Crippen molar-refractivity contribution in [3.8, 4) is 0 Å². The molecule has 5 nitrogen and oxygen atoms in total. The Kier molecular flexibility index (Phi) is 4.94. The van der Waals surface area contributed by atoms with E-state index >= 15 is 0 Å². The van der Waals surface area contributed by atoms with E-state index in [1.165, 1.54) is 17.7 Å². The van der Waals surface area contributed by atoms with Gasteiger partial charge in [0.1, 0.15) is 0 Å². The van der Waals surface area contributed by atoms with Crippen LogP contribution in [0.2, 0.25) is 0 Å². The van der Waals surface area contributed by atoms with Crippen LogP contribution in [-0.2, 0) is 22.4 Å². The number of ether oxygens (including phenoxy) is 1. The minimum atomic E-state index is -0.422. The predicted octanol–water partition coefficient (Wildman–Crippen LogP) is 3.85. The molecule has 4 rings (SSSR count). The maximum Gasteiger partial charge on any atom is 0.338 e. The summed E-state index contributed by atoms with van der Waals surface area (Å²) in [5, 5.41) is 1.11. The summed E-state index contributed by atoms with van der Waals surface area (Å²) < 4.78 is 5.34. The lowest BCUT2D eigenvalue weighted by Gasteiger charge is -2.33. The minimum absolute atomic E-state index is 0.0931. The number of aryl methyl sites for hydroxylation is 1. The molecule has 27 heavy (non-hydrogen) atoms. The zero-order valence-corrected chi connectivity index (χ0v) is 16.2. The van der Waals surface area contributed by atoms with Crippen molar-refractivity contribution in [3.05, 3.63) is 35.0 Å². The first kappa shape index (κ1) is 18.1. The number of carbonyl (C=O) groups excluding carboxylic acids is 2. The van der Waals surface area contributed by atoms with Crippen LogP contribution in [-0.4, -0.2) is 41.0 Å². The van der Waals surface area contributed by atoms with Crippen LogP contribution in [0.15, 0.2) is 18.2 Å². The van der Waals surface area contributed by atoms with Gasteiger partial charge in [-0.3, -0.25) is 4.79 Å². The standard InChI is InChI=1S/C22H28N2O3/c1-14-6-8-19-17(11-14)18-12-16(7-9-20(18)23-19)22(26)27-13-21(25)24-10-4-3-5-15(24)2/h7,9,12,14-15,23H,3-6,8,10-11,13H2,1-2H3/t14-,15-/m1/s1. The molecule has 1 saturated heterocycles. The average Bonchev–Trinajstić information content (AvgIpc) is 3.03. The van der Waals surface area contributed by atoms with Crippen molar-refractivity contribution < 1.29 is 14.3 Å². The highest BCUT2D eigenvalue weighted by atomic mass is 16.5. The first-order chi connectivity index (χ1) is 13.0. The molecule has 1 aliphatic heterocycles. The number of nitrogens with one attached hydrogen (secondary N) is 1. The zero-order valence-electron chi connectivity index (χ0n) is 16.2. The smallest absolute Gasteiger partial charge is 0.338 e. The molecule has 0 spiro atoms. The minimum Gasteiger partial charge on any atom is -0.452 e. The number of likely N-dealkylation sites (tertiary alicyclic amines) is 1. The van der Waals surface area contributed by atoms with Gasteiger partial charge < -0.3 is 14.6 Å². The summed E-state index contributed by atoms with van der Waals surface area (Å²) in [5.74, 6) is 0.148. The fourth-order valence-electron chi connectivity index (χ4n) is 4.48. The normalized spacial score (nSPS) is 22.5. The van der Waals surface area contributed by atoms with Gasteiger partial charge >= 0.3 is 5.97 Å². The van der Waals surface area contributed by atoms with E-state index in [-0.39, 0.29) is 18.6 Å². The Hall–Kier alpha value is -2.30. The predicted molar refractivity (Wildman–Crippen MR) is 105 cm³/mol. The van der Waals surface area contributed by atoms with Gasteiger partial charge in [-0.15, -0.1) is 0 Å². The molecule has 2 atom stereocenters. The molecule has 1 aromatic heterocycles. The SMILES string of the molecule is C[C@@H]1CCc2[nH]c3ccc(C(=O)OCC(=O)N4CCCC[C@H]4C)cc3c2C1. The number of amides is 1. The van der Waals surface area contributed by atoms with Crippen molar-refractivity contribution in [2.24, 2.45) is 5.92 Å². The van der Waals surface area contributed by atoms with Crippen molar-refractivity contribution in [2.45, 2.75) is 58.4 Å². The third-order valence-corrected chi connectivity index (χ3v) is 6.12. The number of aromatic nitrogens is 1. The Morgan fingerprint density at radius 3 is 2.89 bits per heavy atom. The van der Waals surface area contributed by atoms with E-state index in [9.17, 15) is 9.59 Å². The van der Waals surface area contributed by atoms with Crippen molar-refractivity contribution in [1.82, 2.24) is 9.88 Å². The van der Waals surface area contributed by atoms with E-state index in [1.54, 1.807) is 6.07 Å². The second kappa shape index (κ2) is 7.37. The van der Waals surface area contributed by atoms with Gasteiger partial charge in [-0.1, -0.05) is 6.92 Å². The highest BCUT2D eigenvalue weighted by molar-refractivity contribution is 5.97. The summed E-state index contributed by atoms with van der Waals surface area (Å²) >= 11 is 0. The molecule has 0 unspecified atom stereocenters. The fourth-order valence-corrected chi connectivity index (χ4v) is 4.48. The molecule has 2 heterocycles. The molecular formula is C22H28N2O3. The third-order valence-electron chi connectivity index (χ3n) is 6.12. The van der Waals surface area contributed by atoms with Crippen LogP contribution >= 0.6 is 0 Å². The molecule has 0 radical (unpaired) electrons. The number of nitrogens with zero attached hydrogens (tertiary/aromatic N) is 1. The Bertz CT molecular complexity index is 870. The fraction of sp³-hybridized carbons (Fsp3) is 0.545. The Morgan fingerprint density at radius 1 is 1.22 bits per heavy atom. The van der Waals surface area contributed by atoms with Crippen LogP contribution in [0, 0.1) is 5.92 Å². The van der Waals surface area contributed by atoms with Crippen molar-refractivity contribution in [1.29, 1.82) is 0 Å². The van der Waals surface area contributed by atoms with Gasteiger partial charge in [-0.25, -0.2) is 4.79 Å². The van der Waals surface area contributed by atoms with Crippen molar-refractivity contribution in [3.63, 3.8) is 0 Å². The Labute approximate surface area is 160 Å². The quantitative estimate of drug-likeness (QED) is 0.837. The summed E-state index contributed by atoms with van der Waals surface area (Å²) in [6.45, 7) is 4.91. The maximum absolute atomic E-state index is 12.5. The first-order valence-corrected chi connectivity index (χ1v) is 10.1. The molecule has 1 N–H and O–H groups in total. The van der Waals surface area contributed by atoms with Crippen LogP contribution in [0.1, 0.15) is 61.1 Å². The van der Waals surface area contributed by atoms with Gasteiger partial charge in [0.15, 0.2) is 6.61 Å². The van der Waals surface area contributed by atoms with Crippen LogP contribution in [0.3, 0.4) is 0 Å². The van der Waals surface area contributed by atoms with Crippen LogP contribution in [0.5, 0.6) is 0 Å². The third kappa shape index (κ3) is 3.60. The first-order valence-electron chi connectivity index (χ1n) is 10.1. The molecule has 2 aromatic rings. The number of aromatic amines is 1. The van der Waals surface area contributed by atoms with E-state index in [4.69, 9.17) is 4.74 Å². The summed E-state index contributed by atoms with van der Waals surface area (Å²) in [6, 6.07) is 5.88. The van der Waals surface area contributed by atoms with Gasteiger partial charge in [0, 0.05) is 29.2 Å². The summed E-state index contributed by atoms with van der Waals surface area (Å²) in [4.78, 5) is 30.2. The average molecular weight is 368 g/mol. The molecule has 0 saturated carbocycles. The highest BCUT2D eigenvalue weighted by Gasteiger charge is 2.25. The molecule has 0 bridgehead atoms. The zero-order chi connectivity index (χ0) is 19.0. The molecular weight excluding hydrogens is 340 g/mol. The van der Waals surface area contributed by atoms with Gasteiger partial charge in [-0.05, 0) is 75.1 Å². The van der Waals surface area contributed by atoms with Crippen molar-refractivity contribution >= 4 is 22.8 Å². The molecule has 1 fully saturated rings. The van der Waals surface area contributed by atoms with Gasteiger partial charge in [-0.2, -0.15) is 0 Å². The number of benzene rings is 1. The monoisotopic (exact) mass is 368 g/mol. The Balaban J connectivity index is 1.46. The van der Waals surface area contributed by atoms with E-state index in [0.717, 1.165) is 49.6 Å². The number of esters is 1. The second-order valence-corrected chi connectivity index (χ2v) is 8.20. The molecule has 2 aliphatic rings. The topological polar surface area (TPSA) is 62.4 Å². The molecule has 144 valence electrons. The van der Waals surface area contributed by atoms with E-state index in [1.807, 2.05) is 17.0 Å². The van der Waals surface area contributed by atoms with Crippen LogP contribution < -0.4 is 0 Å². The maximum atomic E-state index is 12.5. The lowest BCUT2D eigenvalue weighted by atomic mass is 9.87. The van der Waals surface area contributed by atoms with Gasteiger partial charge in [0.25, 0.3) is 5.91 Å². The molecule has 1 amide bonds. The second-order valence-electron chi connectivity index (χ2n) is 8.20. The number of rotatable bonds is 3. The number of carbonyl (C=O) groups is 2. The summed E-state index contributed by atoms with van der Waals surface area (Å²) in [5.41, 5.74) is 4.21. The lowest BCUT2D eigenvalue weighted by Crippen LogP contribution is -2.44. The van der Waals surface area contributed by atoms with Gasteiger partial charge in [0.05, 0.1) is 5.56 Å². The number of hydrogen-bond acceptors (Lipinski definition) is 3. The summed E-state index contributed by atoms with van der Waals surface area (Å²) in [7, 11) is 0. The number of fused-ring (bicyclic) bond motifs is 3. The van der Waals surface area contributed by atoms with Crippen LogP contribution in [0.4, 0.5) is 0 Å². The largest absolute Gasteiger partial charge is 0.452 e. The number of piperidine rings is 1. The molecule has 1 aromatic carbocycles. The van der Waals surface area contributed by atoms with E-state index in [0.29, 0.717) is 11.5 Å². The lowest BCUT2D eigenvalue weighted by molar-refractivity contribution is -0.137. The number of hydrogen-bond donors (Lipinski definition) is 1. The van der Waals surface area contributed by atoms with Crippen molar-refractivity contribution in [2.75, 3.05) is 13.2 Å². The number of H-pyrrole nitrogens is 1. The molecule has 5 heteroatoms. The molecule has 1 aliphatic carbocycles. The summed E-state index contributed by atoms with van der Waals surface area (Å²) in [6.07, 6.45) is 6.51. The van der Waals surface area contributed by atoms with Gasteiger partial charge in [0.2, 0.25) is 0 Å². The van der Waals surface area contributed by atoms with E-state index < -0.39 is 5.97 Å². The van der Waals surface area contributed by atoms with E-state index in [2.05, 4.69) is 18.8 Å². The van der Waals surface area contributed by atoms with Crippen LogP contribution in [0.25, 0.3) is 10.9 Å². The highest BCUT2D eigenvalue weighted by Crippen LogP contribution is 2.32. The Morgan fingerprint density at radius 2 is 2.07 bits per heavy atom.